The molecule has 0 aliphatic carbocycles. The molecule has 0 bridgehead atoms. The van der Waals surface area contributed by atoms with Crippen LogP contribution in [0.1, 0.15) is 34.0 Å². The van der Waals surface area contributed by atoms with Gasteiger partial charge in [0.15, 0.2) is 9.84 Å². The second-order valence-corrected chi connectivity index (χ2v) is 9.36. The molecule has 1 amide bonds. The van der Waals surface area contributed by atoms with Crippen LogP contribution in [0.2, 0.25) is 5.02 Å². The Bertz CT molecular complexity index is 1160. The fraction of sp³-hybridized carbons (Fsp3) is 0.182. The lowest BCUT2D eigenvalue weighted by molar-refractivity contribution is 0.0952. The first-order valence-electron chi connectivity index (χ1n) is 9.41. The molecule has 3 aromatic rings. The third kappa shape index (κ3) is 5.65. The summed E-state index contributed by atoms with van der Waals surface area (Å²) in [7, 11) is -4.05. The van der Waals surface area contributed by atoms with Crippen molar-refractivity contribution in [2.75, 3.05) is 6.54 Å². The van der Waals surface area contributed by atoms with Gasteiger partial charge < -0.3 is 5.32 Å². The van der Waals surface area contributed by atoms with Crippen molar-refractivity contribution < 1.29 is 22.0 Å². The molecule has 0 saturated heterocycles. The van der Waals surface area contributed by atoms with E-state index in [-0.39, 0.29) is 35.8 Å². The monoisotopic (exact) mass is 464 g/mol. The highest BCUT2D eigenvalue weighted by molar-refractivity contribution is 7.91. The Balaban J connectivity index is 1.80. The lowest BCUT2D eigenvalue weighted by atomic mass is 10.1. The Labute approximate surface area is 184 Å². The summed E-state index contributed by atoms with van der Waals surface area (Å²) in [5, 5.41) is 1.69. The predicted molar refractivity (Wildman–Crippen MR) is 114 cm³/mol. The van der Waals surface area contributed by atoms with Gasteiger partial charge in [-0.05, 0) is 67.4 Å². The minimum absolute atomic E-state index is 0.0291. The zero-order valence-electron chi connectivity index (χ0n) is 16.3. The highest BCUT2D eigenvalue weighted by Crippen LogP contribution is 2.35. The van der Waals surface area contributed by atoms with E-state index >= 15 is 0 Å². The van der Waals surface area contributed by atoms with Gasteiger partial charge >= 0.3 is 0 Å². The minimum atomic E-state index is -4.05. The van der Waals surface area contributed by atoms with Gasteiger partial charge in [0.25, 0.3) is 5.91 Å². The third-order valence-corrected chi connectivity index (χ3v) is 7.09. The van der Waals surface area contributed by atoms with E-state index < -0.39 is 26.7 Å². The molecule has 1 atom stereocenters. The molecule has 31 heavy (non-hydrogen) atoms. The number of halogens is 3. The number of nitrogens with one attached hydrogen (secondary N) is 1. The molecule has 0 saturated carbocycles. The maximum Gasteiger partial charge on any atom is 0.252 e. The highest BCUT2D eigenvalue weighted by atomic mass is 35.5. The molecule has 1 unspecified atom stereocenters. The first-order valence-corrected chi connectivity index (χ1v) is 11.3. The van der Waals surface area contributed by atoms with E-state index in [1.165, 1.54) is 36.7 Å². The average molecular weight is 465 g/mol. The van der Waals surface area contributed by atoms with Gasteiger partial charge in [-0.15, -0.1) is 0 Å². The molecular formula is C22H19ClF2N2O3S. The van der Waals surface area contributed by atoms with Crippen LogP contribution in [-0.2, 0) is 9.84 Å². The summed E-state index contributed by atoms with van der Waals surface area (Å²) in [4.78, 5) is 15.9. The van der Waals surface area contributed by atoms with Crippen LogP contribution in [0.25, 0.3) is 0 Å². The van der Waals surface area contributed by atoms with Gasteiger partial charge in [0.2, 0.25) is 0 Å². The fourth-order valence-corrected chi connectivity index (χ4v) is 5.08. The Morgan fingerprint density at radius 2 is 1.84 bits per heavy atom. The summed E-state index contributed by atoms with van der Waals surface area (Å²) in [6.45, 7) is 0.150. The number of nitrogens with zero attached hydrogens (tertiary/aromatic N) is 1. The summed E-state index contributed by atoms with van der Waals surface area (Å²) in [6.07, 6.45) is 3.14. The molecule has 5 nitrogen and oxygen atoms in total. The van der Waals surface area contributed by atoms with Gasteiger partial charge in [-0.3, -0.25) is 9.78 Å². The van der Waals surface area contributed by atoms with E-state index in [0.717, 1.165) is 18.2 Å². The number of hydrogen-bond acceptors (Lipinski definition) is 4. The van der Waals surface area contributed by atoms with Crippen molar-refractivity contribution >= 4 is 27.3 Å². The normalized spacial score (nSPS) is 12.4. The van der Waals surface area contributed by atoms with Crippen molar-refractivity contribution in [1.29, 1.82) is 0 Å². The summed E-state index contributed by atoms with van der Waals surface area (Å²) >= 11 is 5.84. The van der Waals surface area contributed by atoms with Gasteiger partial charge in [-0.1, -0.05) is 11.6 Å². The second-order valence-electron chi connectivity index (χ2n) is 6.79. The average Bonchev–Trinajstić information content (AvgIpc) is 2.76. The maximum atomic E-state index is 14.5. The van der Waals surface area contributed by atoms with E-state index in [0.29, 0.717) is 10.6 Å². The molecule has 1 heterocycles. The lowest BCUT2D eigenvalue weighted by Crippen LogP contribution is -2.25. The fourth-order valence-electron chi connectivity index (χ4n) is 3.12. The minimum Gasteiger partial charge on any atom is -0.352 e. The molecule has 0 aliphatic heterocycles. The predicted octanol–water partition coefficient (Wildman–Crippen LogP) is 4.74. The maximum absolute atomic E-state index is 14.5. The summed E-state index contributed by atoms with van der Waals surface area (Å²) in [5.74, 6) is -1.91. The summed E-state index contributed by atoms with van der Waals surface area (Å²) < 4.78 is 54.7. The summed E-state index contributed by atoms with van der Waals surface area (Å²) in [5.41, 5.74) is 0.109. The van der Waals surface area contributed by atoms with E-state index in [2.05, 4.69) is 10.3 Å². The van der Waals surface area contributed by atoms with Crippen LogP contribution in [0.4, 0.5) is 8.78 Å². The largest absolute Gasteiger partial charge is 0.352 e. The van der Waals surface area contributed by atoms with Crippen molar-refractivity contribution in [2.45, 2.75) is 23.0 Å². The Hall–Kier alpha value is -2.84. The number of hydrogen-bond donors (Lipinski definition) is 1. The first-order chi connectivity index (χ1) is 14.8. The van der Waals surface area contributed by atoms with Crippen LogP contribution in [-0.4, -0.2) is 25.9 Å². The number of amides is 1. The highest BCUT2D eigenvalue weighted by Gasteiger charge is 2.31. The summed E-state index contributed by atoms with van der Waals surface area (Å²) in [6, 6.07) is 11.4. The molecule has 0 aliphatic rings. The topological polar surface area (TPSA) is 76.1 Å². The quantitative estimate of drug-likeness (QED) is 0.488. The van der Waals surface area contributed by atoms with Crippen molar-refractivity contribution in [3.63, 3.8) is 0 Å². The number of sulfone groups is 1. The Morgan fingerprint density at radius 3 is 2.52 bits per heavy atom. The van der Waals surface area contributed by atoms with E-state index in [4.69, 9.17) is 11.6 Å². The number of aromatic nitrogens is 1. The van der Waals surface area contributed by atoms with Crippen LogP contribution in [0, 0.1) is 11.6 Å². The standard InChI is InChI=1S/C22H19ClF2N2O3S/c23-16-5-8-18(9-6-16)31(29,30)21(19-13-17(24)7-10-20(19)25)4-2-12-27-22(28)15-3-1-11-26-14-15/h1,3,5-11,13-14,21H,2,4,12H2,(H,27,28). The van der Waals surface area contributed by atoms with Gasteiger partial charge in [0.1, 0.15) is 11.6 Å². The second kappa shape index (κ2) is 9.98. The molecule has 0 spiro atoms. The number of carbonyl (C=O) groups is 1. The van der Waals surface area contributed by atoms with Crippen LogP contribution >= 0.6 is 11.6 Å². The lowest BCUT2D eigenvalue weighted by Gasteiger charge is -2.19. The zero-order chi connectivity index (χ0) is 22.4. The van der Waals surface area contributed by atoms with Crippen LogP contribution in [0.3, 0.4) is 0 Å². The SMILES string of the molecule is O=C(NCCCC(c1cc(F)ccc1F)S(=O)(=O)c1ccc(Cl)cc1)c1cccnc1. The zero-order valence-corrected chi connectivity index (χ0v) is 17.8. The number of carbonyl (C=O) groups excluding carboxylic acids is 1. The molecule has 0 fully saturated rings. The van der Waals surface area contributed by atoms with Gasteiger partial charge in [0.05, 0.1) is 15.7 Å². The third-order valence-electron chi connectivity index (χ3n) is 4.67. The molecule has 1 aromatic heterocycles. The van der Waals surface area contributed by atoms with Crippen molar-refractivity contribution in [2.24, 2.45) is 0 Å². The van der Waals surface area contributed by atoms with Crippen molar-refractivity contribution in [1.82, 2.24) is 10.3 Å². The van der Waals surface area contributed by atoms with E-state index in [1.54, 1.807) is 12.1 Å². The number of benzene rings is 2. The molecular weight excluding hydrogens is 446 g/mol. The molecule has 2 aromatic carbocycles. The smallest absolute Gasteiger partial charge is 0.252 e. The van der Waals surface area contributed by atoms with Gasteiger partial charge in [0, 0.05) is 29.5 Å². The number of pyridine rings is 1. The molecule has 9 heteroatoms. The van der Waals surface area contributed by atoms with E-state index in [1.807, 2.05) is 0 Å². The molecule has 3 rings (SSSR count). The van der Waals surface area contributed by atoms with Crippen LogP contribution in [0.5, 0.6) is 0 Å². The van der Waals surface area contributed by atoms with Crippen molar-refractivity contribution in [3.05, 3.63) is 94.8 Å². The molecule has 1 N–H and O–H groups in total. The molecule has 0 radical (unpaired) electrons. The Kier molecular flexibility index (Phi) is 7.35. The van der Waals surface area contributed by atoms with E-state index in [9.17, 15) is 22.0 Å². The van der Waals surface area contributed by atoms with Gasteiger partial charge in [-0.25, -0.2) is 17.2 Å². The van der Waals surface area contributed by atoms with Gasteiger partial charge in [-0.2, -0.15) is 0 Å². The first kappa shape index (κ1) is 22.8. The van der Waals surface area contributed by atoms with Crippen molar-refractivity contribution in [3.8, 4) is 0 Å². The number of rotatable bonds is 8. The van der Waals surface area contributed by atoms with Crippen LogP contribution < -0.4 is 5.32 Å². The Morgan fingerprint density at radius 1 is 1.10 bits per heavy atom. The van der Waals surface area contributed by atoms with Crippen LogP contribution in [0.15, 0.2) is 71.9 Å². The molecule has 162 valence electrons.